The first-order valence-electron chi connectivity index (χ1n) is 23.4. The summed E-state index contributed by atoms with van der Waals surface area (Å²) >= 11 is 0. The van der Waals surface area contributed by atoms with Crippen LogP contribution in [0.1, 0.15) is 155 Å². The Morgan fingerprint density at radius 3 is 1.34 bits per heavy atom. The molecule has 1 heteroatoms. The zero-order valence-corrected chi connectivity index (χ0v) is 39.0. The summed E-state index contributed by atoms with van der Waals surface area (Å²) in [6.45, 7) is 24.5. The number of benzene rings is 6. The highest BCUT2D eigenvalue weighted by molar-refractivity contribution is 5.97. The summed E-state index contributed by atoms with van der Waals surface area (Å²) in [5, 5.41) is 0. The molecule has 0 saturated heterocycles. The van der Waals surface area contributed by atoms with E-state index in [-0.39, 0.29) is 21.7 Å². The van der Waals surface area contributed by atoms with Gasteiger partial charge in [-0.1, -0.05) is 171 Å². The van der Waals surface area contributed by atoms with Crippen molar-refractivity contribution in [2.45, 2.75) is 135 Å². The Kier molecular flexibility index (Phi) is 9.39. The van der Waals surface area contributed by atoms with Crippen LogP contribution in [0.4, 0.5) is 17.1 Å². The van der Waals surface area contributed by atoms with Gasteiger partial charge in [0.2, 0.25) is 0 Å². The summed E-state index contributed by atoms with van der Waals surface area (Å²) in [4.78, 5) is 2.73. The molecule has 10 rings (SSSR count). The van der Waals surface area contributed by atoms with Crippen molar-refractivity contribution < 1.29 is 0 Å². The monoisotopic (exact) mass is 812 g/mol. The fourth-order valence-corrected chi connectivity index (χ4v) is 12.0. The molecule has 0 amide bonds. The molecule has 0 fully saturated rings. The Hall–Kier alpha value is -5.40. The summed E-state index contributed by atoms with van der Waals surface area (Å²) < 4.78 is 0. The van der Waals surface area contributed by atoms with Crippen LogP contribution in [-0.4, -0.2) is 0 Å². The lowest BCUT2D eigenvalue weighted by Gasteiger charge is -2.44. The lowest BCUT2D eigenvalue weighted by atomic mass is 9.62. The van der Waals surface area contributed by atoms with E-state index in [0.717, 1.165) is 12.8 Å². The first-order chi connectivity index (χ1) is 29.5. The molecule has 4 aliphatic rings. The van der Waals surface area contributed by atoms with Crippen molar-refractivity contribution in [1.82, 2.24) is 0 Å². The Bertz CT molecular complexity index is 2680. The van der Waals surface area contributed by atoms with Crippen molar-refractivity contribution in [2.75, 3.05) is 4.90 Å². The standard InChI is InChI=1S/C61H65N/c1-40-34-50-52(59(7,8)32-30-57(50,3)4)38-54(40)62(55-39-53-51(35-41(55)2)58(5,6)31-33-60(53,9)10)56-37-49-47(36-46(56)42-22-14-11-15-23-42)45-28-20-21-29-48(45)61(49,43-24-16-12-17-25-43)44-26-18-13-19-27-44/h12-14,16-29,34-39H,11,15,30-33H2,1-10H3. The molecule has 1 nitrogen and oxygen atoms in total. The van der Waals surface area contributed by atoms with Crippen LogP contribution in [0.15, 0.2) is 140 Å². The molecule has 0 aromatic heterocycles. The minimum Gasteiger partial charge on any atom is -0.309 e. The summed E-state index contributed by atoms with van der Waals surface area (Å²) in [6, 6.07) is 47.4. The van der Waals surface area contributed by atoms with E-state index < -0.39 is 5.41 Å². The minimum absolute atomic E-state index is 0.0582. The average Bonchev–Trinajstić information content (AvgIpc) is 3.55. The highest BCUT2D eigenvalue weighted by atomic mass is 15.2. The van der Waals surface area contributed by atoms with Crippen LogP contribution < -0.4 is 4.90 Å². The number of fused-ring (bicyclic) bond motifs is 5. The van der Waals surface area contributed by atoms with Gasteiger partial charge in [-0.15, -0.1) is 0 Å². The number of hydrogen-bond acceptors (Lipinski definition) is 1. The van der Waals surface area contributed by atoms with Crippen molar-refractivity contribution in [3.05, 3.63) is 201 Å². The van der Waals surface area contributed by atoms with Crippen LogP contribution in [0.5, 0.6) is 0 Å². The second kappa shape index (κ2) is 14.3. The van der Waals surface area contributed by atoms with Crippen molar-refractivity contribution in [1.29, 1.82) is 0 Å². The maximum Gasteiger partial charge on any atom is 0.0714 e. The zero-order chi connectivity index (χ0) is 43.4. The van der Waals surface area contributed by atoms with Gasteiger partial charge in [0.15, 0.2) is 0 Å². The van der Waals surface area contributed by atoms with E-state index in [4.69, 9.17) is 0 Å². The Morgan fingerprint density at radius 1 is 0.403 bits per heavy atom. The number of aryl methyl sites for hydroxylation is 2. The fraction of sp³-hybridized carbons (Fsp3) is 0.344. The van der Waals surface area contributed by atoms with Gasteiger partial charge >= 0.3 is 0 Å². The Labute approximate surface area is 372 Å². The van der Waals surface area contributed by atoms with Crippen molar-refractivity contribution in [3.8, 4) is 11.1 Å². The smallest absolute Gasteiger partial charge is 0.0714 e. The number of rotatable bonds is 6. The van der Waals surface area contributed by atoms with Gasteiger partial charge in [-0.3, -0.25) is 0 Å². The molecule has 0 unspecified atom stereocenters. The maximum absolute atomic E-state index is 2.73. The zero-order valence-electron chi connectivity index (χ0n) is 39.0. The molecule has 314 valence electrons. The third-order valence-corrected chi connectivity index (χ3v) is 15.9. The summed E-state index contributed by atoms with van der Waals surface area (Å²) in [7, 11) is 0. The van der Waals surface area contributed by atoms with Crippen molar-refractivity contribution in [3.63, 3.8) is 0 Å². The van der Waals surface area contributed by atoms with Gasteiger partial charge in [-0.2, -0.15) is 0 Å². The van der Waals surface area contributed by atoms with E-state index in [2.05, 4.69) is 214 Å². The molecule has 0 heterocycles. The van der Waals surface area contributed by atoms with Gasteiger partial charge in [-0.05, 0) is 171 Å². The van der Waals surface area contributed by atoms with E-state index in [0.29, 0.717) is 0 Å². The molecule has 0 spiro atoms. The highest BCUT2D eigenvalue weighted by Gasteiger charge is 2.47. The molecule has 6 aromatic carbocycles. The molecule has 0 bridgehead atoms. The van der Waals surface area contributed by atoms with Crippen LogP contribution >= 0.6 is 0 Å². The highest BCUT2D eigenvalue weighted by Crippen LogP contribution is 2.60. The first kappa shape index (κ1) is 40.7. The van der Waals surface area contributed by atoms with E-state index in [9.17, 15) is 0 Å². The summed E-state index contributed by atoms with van der Waals surface area (Å²) in [6.07, 6.45) is 14.1. The fourth-order valence-electron chi connectivity index (χ4n) is 12.0. The Morgan fingerprint density at radius 2 is 0.855 bits per heavy atom. The third kappa shape index (κ3) is 6.16. The second-order valence-corrected chi connectivity index (χ2v) is 21.8. The van der Waals surface area contributed by atoms with Crippen LogP contribution in [0.25, 0.3) is 16.7 Å². The van der Waals surface area contributed by atoms with Gasteiger partial charge in [-0.25, -0.2) is 0 Å². The number of nitrogens with zero attached hydrogens (tertiary/aromatic N) is 1. The number of anilines is 3. The van der Waals surface area contributed by atoms with E-state index in [1.807, 2.05) is 0 Å². The topological polar surface area (TPSA) is 3.24 Å². The molecule has 6 aromatic rings. The summed E-state index contributed by atoms with van der Waals surface area (Å²) in [5.41, 5.74) is 22.8. The molecule has 62 heavy (non-hydrogen) atoms. The van der Waals surface area contributed by atoms with E-state index in [1.165, 1.54) is 121 Å². The molecular weight excluding hydrogens is 747 g/mol. The number of allylic oxidation sites excluding steroid dienone is 4. The SMILES string of the molecule is Cc1cc2c(cc1N(c1cc3c(cc1C)C(C)(C)CCC3(C)C)c1cc3c(cc1C1=CCCC=C1)-c1ccccc1C3(c1ccccc1)c1ccccc1)C(C)(C)CCC2(C)C. The van der Waals surface area contributed by atoms with Gasteiger partial charge in [0.25, 0.3) is 0 Å². The van der Waals surface area contributed by atoms with Crippen molar-refractivity contribution >= 4 is 22.6 Å². The molecular formula is C61H65N. The second-order valence-electron chi connectivity index (χ2n) is 21.8. The third-order valence-electron chi connectivity index (χ3n) is 15.9. The minimum atomic E-state index is -0.516. The Balaban J connectivity index is 1.37. The normalized spacial score (nSPS) is 19.4. The molecule has 0 atom stereocenters. The molecule has 0 aliphatic heterocycles. The van der Waals surface area contributed by atoms with Crippen LogP contribution in [0.2, 0.25) is 0 Å². The van der Waals surface area contributed by atoms with Crippen LogP contribution in [-0.2, 0) is 27.1 Å². The van der Waals surface area contributed by atoms with Crippen molar-refractivity contribution in [2.24, 2.45) is 0 Å². The predicted molar refractivity (Wildman–Crippen MR) is 265 cm³/mol. The maximum atomic E-state index is 2.73. The van der Waals surface area contributed by atoms with Crippen LogP contribution in [0.3, 0.4) is 0 Å². The molecule has 0 saturated carbocycles. The molecule has 0 N–H and O–H groups in total. The van der Waals surface area contributed by atoms with Gasteiger partial charge in [0.1, 0.15) is 0 Å². The average molecular weight is 812 g/mol. The predicted octanol–water partition coefficient (Wildman–Crippen LogP) is 16.6. The molecule has 4 aliphatic carbocycles. The van der Waals surface area contributed by atoms with Crippen LogP contribution in [0, 0.1) is 13.8 Å². The van der Waals surface area contributed by atoms with E-state index >= 15 is 0 Å². The lowest BCUT2D eigenvalue weighted by molar-refractivity contribution is 0.331. The quantitative estimate of drug-likeness (QED) is 0.162. The van der Waals surface area contributed by atoms with E-state index in [1.54, 1.807) is 0 Å². The lowest BCUT2D eigenvalue weighted by Crippen LogP contribution is -2.35. The van der Waals surface area contributed by atoms with Gasteiger partial charge in [0, 0.05) is 16.9 Å². The summed E-state index contributed by atoms with van der Waals surface area (Å²) in [5.74, 6) is 0. The molecule has 0 radical (unpaired) electrons. The number of hydrogen-bond donors (Lipinski definition) is 0. The van der Waals surface area contributed by atoms with Gasteiger partial charge < -0.3 is 4.90 Å². The van der Waals surface area contributed by atoms with Gasteiger partial charge in [0.05, 0.1) is 11.1 Å². The largest absolute Gasteiger partial charge is 0.309 e. The first-order valence-corrected chi connectivity index (χ1v) is 23.4.